The van der Waals surface area contributed by atoms with Crippen molar-refractivity contribution in [2.24, 2.45) is 0 Å². The molecule has 1 aliphatic rings. The van der Waals surface area contributed by atoms with Crippen LogP contribution in [0.25, 0.3) is 10.2 Å². The van der Waals surface area contributed by atoms with Crippen LogP contribution in [0.5, 0.6) is 0 Å². The third kappa shape index (κ3) is 2.41. The molecule has 0 unspecified atom stereocenters. The molecular weight excluding hydrogens is 296 g/mol. The molecule has 1 aromatic carbocycles. The molecule has 0 spiro atoms. The highest BCUT2D eigenvalue weighted by Gasteiger charge is 2.28. The number of carbonyl (C=O) groups is 1. The first-order valence-electron chi connectivity index (χ1n) is 7.49. The third-order valence-corrected chi connectivity index (χ3v) is 5.30. The van der Waals surface area contributed by atoms with Crippen molar-refractivity contribution in [2.75, 3.05) is 13.1 Å². The maximum atomic E-state index is 12.4. The van der Waals surface area contributed by atoms with Gasteiger partial charge in [-0.3, -0.25) is 4.79 Å². The van der Waals surface area contributed by atoms with Gasteiger partial charge in [-0.15, -0.1) is 11.3 Å². The Bertz CT molecular complexity index is 761. The van der Waals surface area contributed by atoms with Crippen molar-refractivity contribution < 1.29 is 9.21 Å². The minimum atomic E-state index is -0.0178. The summed E-state index contributed by atoms with van der Waals surface area (Å²) in [6, 6.07) is 11.7. The van der Waals surface area contributed by atoms with Gasteiger partial charge in [0.15, 0.2) is 5.76 Å². The predicted octanol–water partition coefficient (Wildman–Crippen LogP) is 3.91. The van der Waals surface area contributed by atoms with Gasteiger partial charge in [0.25, 0.3) is 5.91 Å². The largest absolute Gasteiger partial charge is 0.459 e. The van der Waals surface area contributed by atoms with Gasteiger partial charge in [-0.25, -0.2) is 4.98 Å². The first kappa shape index (κ1) is 13.5. The molecule has 1 saturated heterocycles. The van der Waals surface area contributed by atoms with Crippen molar-refractivity contribution in [3.63, 3.8) is 0 Å². The molecule has 1 amide bonds. The Morgan fingerprint density at radius 3 is 3.00 bits per heavy atom. The van der Waals surface area contributed by atoms with E-state index >= 15 is 0 Å². The summed E-state index contributed by atoms with van der Waals surface area (Å²) in [5.74, 6) is 0.728. The summed E-state index contributed by atoms with van der Waals surface area (Å²) in [6.07, 6.45) is 3.64. The zero-order valence-electron chi connectivity index (χ0n) is 12.1. The summed E-state index contributed by atoms with van der Waals surface area (Å²) in [6.45, 7) is 1.51. The summed E-state index contributed by atoms with van der Waals surface area (Å²) >= 11 is 1.74. The fourth-order valence-corrected chi connectivity index (χ4v) is 4.08. The zero-order chi connectivity index (χ0) is 14.9. The molecule has 112 valence electrons. The topological polar surface area (TPSA) is 46.3 Å². The van der Waals surface area contributed by atoms with Crippen LogP contribution in [0.15, 0.2) is 47.1 Å². The van der Waals surface area contributed by atoms with Crippen LogP contribution < -0.4 is 0 Å². The monoisotopic (exact) mass is 312 g/mol. The molecule has 0 radical (unpaired) electrons. The van der Waals surface area contributed by atoms with E-state index in [1.807, 2.05) is 23.1 Å². The number of amides is 1. The lowest BCUT2D eigenvalue weighted by atomic mass is 9.98. The molecule has 0 saturated carbocycles. The Balaban J connectivity index is 1.56. The normalized spacial score (nSPS) is 18.7. The van der Waals surface area contributed by atoms with Gasteiger partial charge in [0.1, 0.15) is 0 Å². The molecule has 1 atom stereocenters. The van der Waals surface area contributed by atoms with Crippen molar-refractivity contribution >= 4 is 27.5 Å². The highest BCUT2D eigenvalue weighted by molar-refractivity contribution is 7.18. The van der Waals surface area contributed by atoms with Crippen LogP contribution in [0.2, 0.25) is 0 Å². The minimum Gasteiger partial charge on any atom is -0.459 e. The molecular formula is C17H16N2O2S. The van der Waals surface area contributed by atoms with Gasteiger partial charge < -0.3 is 9.32 Å². The van der Waals surface area contributed by atoms with E-state index in [1.54, 1.807) is 29.7 Å². The lowest BCUT2D eigenvalue weighted by Crippen LogP contribution is -2.38. The van der Waals surface area contributed by atoms with Crippen molar-refractivity contribution in [1.82, 2.24) is 9.88 Å². The smallest absolute Gasteiger partial charge is 0.289 e. The molecule has 1 aliphatic heterocycles. The molecule has 0 aliphatic carbocycles. The van der Waals surface area contributed by atoms with Gasteiger partial charge in [0, 0.05) is 19.0 Å². The number of furan rings is 1. The number of nitrogens with zero attached hydrogens (tertiary/aromatic N) is 2. The van der Waals surface area contributed by atoms with E-state index in [1.165, 1.54) is 4.70 Å². The number of hydrogen-bond acceptors (Lipinski definition) is 4. The molecule has 1 fully saturated rings. The average Bonchev–Trinajstić information content (AvgIpc) is 3.23. The third-order valence-electron chi connectivity index (χ3n) is 4.10. The van der Waals surface area contributed by atoms with Crippen molar-refractivity contribution in [3.05, 3.63) is 53.4 Å². The molecule has 5 heteroatoms. The van der Waals surface area contributed by atoms with Crippen molar-refractivity contribution in [1.29, 1.82) is 0 Å². The number of aromatic nitrogens is 1. The maximum absolute atomic E-state index is 12.4. The molecule has 4 rings (SSSR count). The second-order valence-corrected chi connectivity index (χ2v) is 6.65. The quantitative estimate of drug-likeness (QED) is 0.721. The van der Waals surface area contributed by atoms with Gasteiger partial charge >= 0.3 is 0 Å². The Labute approximate surface area is 132 Å². The second-order valence-electron chi connectivity index (χ2n) is 5.59. The molecule has 3 heterocycles. The number of para-hydroxylation sites is 1. The average molecular weight is 312 g/mol. The summed E-state index contributed by atoms with van der Waals surface area (Å²) in [4.78, 5) is 19.1. The Morgan fingerprint density at radius 2 is 2.18 bits per heavy atom. The number of likely N-dealkylation sites (tertiary alicyclic amines) is 1. The van der Waals surface area contributed by atoms with Crippen LogP contribution >= 0.6 is 11.3 Å². The van der Waals surface area contributed by atoms with E-state index in [0.717, 1.165) is 36.5 Å². The van der Waals surface area contributed by atoms with Gasteiger partial charge in [-0.05, 0) is 37.1 Å². The molecule has 2 aromatic heterocycles. The Kier molecular flexibility index (Phi) is 3.42. The molecule has 4 nitrogen and oxygen atoms in total. The van der Waals surface area contributed by atoms with E-state index in [4.69, 9.17) is 9.40 Å². The summed E-state index contributed by atoms with van der Waals surface area (Å²) < 4.78 is 6.45. The first-order valence-corrected chi connectivity index (χ1v) is 8.31. The molecule has 0 bridgehead atoms. The number of carbonyl (C=O) groups excluding carboxylic acids is 1. The van der Waals surface area contributed by atoms with Crippen LogP contribution in [0, 0.1) is 0 Å². The highest BCUT2D eigenvalue weighted by atomic mass is 32.1. The van der Waals surface area contributed by atoms with E-state index in [2.05, 4.69) is 6.07 Å². The summed E-state index contributed by atoms with van der Waals surface area (Å²) in [5.41, 5.74) is 1.05. The van der Waals surface area contributed by atoms with Gasteiger partial charge in [0.05, 0.1) is 21.5 Å². The number of rotatable bonds is 2. The SMILES string of the molecule is O=C(c1ccco1)N1CCC[C@@H](c2nc3ccccc3s2)C1. The molecule has 22 heavy (non-hydrogen) atoms. The zero-order valence-corrected chi connectivity index (χ0v) is 12.9. The van der Waals surface area contributed by atoms with E-state index < -0.39 is 0 Å². The minimum absolute atomic E-state index is 0.0178. The van der Waals surface area contributed by atoms with Crippen LogP contribution in [0.4, 0.5) is 0 Å². The van der Waals surface area contributed by atoms with Crippen LogP contribution in [-0.2, 0) is 0 Å². The number of fused-ring (bicyclic) bond motifs is 1. The van der Waals surface area contributed by atoms with Gasteiger partial charge in [0.2, 0.25) is 0 Å². The van der Waals surface area contributed by atoms with E-state index in [-0.39, 0.29) is 5.91 Å². The fourth-order valence-electron chi connectivity index (χ4n) is 2.98. The Hall–Kier alpha value is -2.14. The first-order chi connectivity index (χ1) is 10.8. The predicted molar refractivity (Wildman–Crippen MR) is 86.2 cm³/mol. The van der Waals surface area contributed by atoms with Crippen molar-refractivity contribution in [2.45, 2.75) is 18.8 Å². The maximum Gasteiger partial charge on any atom is 0.289 e. The van der Waals surface area contributed by atoms with E-state index in [9.17, 15) is 4.79 Å². The number of thiazole rings is 1. The Morgan fingerprint density at radius 1 is 1.27 bits per heavy atom. The molecule has 0 N–H and O–H groups in total. The van der Waals surface area contributed by atoms with Gasteiger partial charge in [-0.2, -0.15) is 0 Å². The lowest BCUT2D eigenvalue weighted by Gasteiger charge is -2.31. The summed E-state index contributed by atoms with van der Waals surface area (Å²) in [5, 5.41) is 1.14. The van der Waals surface area contributed by atoms with Crippen molar-refractivity contribution in [3.8, 4) is 0 Å². The van der Waals surface area contributed by atoms with Crippen LogP contribution in [-0.4, -0.2) is 28.9 Å². The summed E-state index contributed by atoms with van der Waals surface area (Å²) in [7, 11) is 0. The second kappa shape index (κ2) is 5.57. The molecule has 3 aromatic rings. The van der Waals surface area contributed by atoms with Crippen LogP contribution in [0.1, 0.15) is 34.3 Å². The number of benzene rings is 1. The number of piperidine rings is 1. The standard InChI is InChI=1S/C17H16N2O2S/c20-17(14-7-4-10-21-14)19-9-3-5-12(11-19)16-18-13-6-1-2-8-15(13)22-16/h1-2,4,6-8,10,12H,3,5,9,11H2/t12-/m1/s1. The fraction of sp³-hybridized carbons (Fsp3) is 0.294. The van der Waals surface area contributed by atoms with E-state index in [0.29, 0.717) is 11.7 Å². The number of hydrogen-bond donors (Lipinski definition) is 0. The van der Waals surface area contributed by atoms with Gasteiger partial charge in [-0.1, -0.05) is 12.1 Å². The highest BCUT2D eigenvalue weighted by Crippen LogP contribution is 2.33. The lowest BCUT2D eigenvalue weighted by molar-refractivity contribution is 0.0675. The van der Waals surface area contributed by atoms with Crippen LogP contribution in [0.3, 0.4) is 0 Å².